The van der Waals surface area contributed by atoms with Crippen LogP contribution >= 0.6 is 0 Å². The van der Waals surface area contributed by atoms with E-state index in [9.17, 15) is 4.79 Å². The van der Waals surface area contributed by atoms with Crippen LogP contribution in [-0.2, 0) is 11.3 Å². The van der Waals surface area contributed by atoms with Crippen molar-refractivity contribution < 1.29 is 4.79 Å². The first-order valence-electron chi connectivity index (χ1n) is 6.90. The monoisotopic (exact) mass is 263 g/mol. The molecule has 0 unspecified atom stereocenters. The Hall–Kier alpha value is -1.55. The number of anilines is 1. The van der Waals surface area contributed by atoms with Gasteiger partial charge in [-0.1, -0.05) is 12.1 Å². The topological polar surface area (TPSA) is 58.4 Å². The predicted molar refractivity (Wildman–Crippen MR) is 80.1 cm³/mol. The Kier molecular flexibility index (Phi) is 6.36. The van der Waals surface area contributed by atoms with Crippen LogP contribution < -0.4 is 16.0 Å². The molecule has 0 saturated heterocycles. The third-order valence-electron chi connectivity index (χ3n) is 2.98. The molecule has 3 N–H and O–H groups in total. The Morgan fingerprint density at radius 1 is 1.32 bits per heavy atom. The van der Waals surface area contributed by atoms with Crippen molar-refractivity contribution in [1.82, 2.24) is 5.32 Å². The molecule has 106 valence electrons. The Bertz CT molecular complexity index is 387. The van der Waals surface area contributed by atoms with Crippen LogP contribution in [0.5, 0.6) is 0 Å². The minimum absolute atomic E-state index is 0.104. The van der Waals surface area contributed by atoms with Crippen LogP contribution in [0.4, 0.5) is 5.69 Å². The number of nitrogens with zero attached hydrogens (tertiary/aromatic N) is 1. The van der Waals surface area contributed by atoms with E-state index in [1.165, 1.54) is 0 Å². The lowest BCUT2D eigenvalue weighted by Crippen LogP contribution is -2.34. The quantitative estimate of drug-likeness (QED) is 0.790. The van der Waals surface area contributed by atoms with E-state index in [0.29, 0.717) is 13.0 Å². The van der Waals surface area contributed by atoms with Crippen LogP contribution in [0.25, 0.3) is 0 Å². The van der Waals surface area contributed by atoms with Gasteiger partial charge in [-0.15, -0.1) is 0 Å². The fourth-order valence-electron chi connectivity index (χ4n) is 1.94. The summed E-state index contributed by atoms with van der Waals surface area (Å²) in [6, 6.07) is 8.39. The van der Waals surface area contributed by atoms with Gasteiger partial charge in [0.1, 0.15) is 0 Å². The number of rotatable bonds is 7. The summed E-state index contributed by atoms with van der Waals surface area (Å²) in [5.41, 5.74) is 7.85. The molecule has 0 aromatic heterocycles. The number of carbonyl (C=O) groups excluding carboxylic acids is 1. The lowest BCUT2D eigenvalue weighted by atomic mass is 10.2. The Morgan fingerprint density at radius 3 is 2.42 bits per heavy atom. The van der Waals surface area contributed by atoms with Crippen LogP contribution in [0.15, 0.2) is 24.3 Å². The number of hydrogen-bond donors (Lipinski definition) is 2. The maximum absolute atomic E-state index is 11.7. The number of nitrogens with one attached hydrogen (secondary N) is 1. The van der Waals surface area contributed by atoms with E-state index >= 15 is 0 Å². The van der Waals surface area contributed by atoms with E-state index in [1.807, 2.05) is 26.0 Å². The van der Waals surface area contributed by atoms with E-state index in [0.717, 1.165) is 24.3 Å². The zero-order valence-electron chi connectivity index (χ0n) is 12.1. The van der Waals surface area contributed by atoms with Crippen molar-refractivity contribution >= 4 is 11.6 Å². The van der Waals surface area contributed by atoms with E-state index in [2.05, 4.69) is 29.3 Å². The summed E-state index contributed by atoms with van der Waals surface area (Å²) >= 11 is 0. The van der Waals surface area contributed by atoms with Crippen LogP contribution in [-0.4, -0.2) is 25.0 Å². The number of hydrogen-bond acceptors (Lipinski definition) is 3. The third kappa shape index (κ3) is 5.30. The maximum Gasteiger partial charge on any atom is 0.221 e. The van der Waals surface area contributed by atoms with Gasteiger partial charge >= 0.3 is 0 Å². The van der Waals surface area contributed by atoms with E-state index in [1.54, 1.807) is 0 Å². The van der Waals surface area contributed by atoms with Crippen molar-refractivity contribution in [3.63, 3.8) is 0 Å². The summed E-state index contributed by atoms with van der Waals surface area (Å²) in [5, 5.41) is 2.91. The normalized spacial score (nSPS) is 10.6. The van der Waals surface area contributed by atoms with Gasteiger partial charge in [-0.05, 0) is 38.5 Å². The SMILES string of the molecule is CCN(CCC(=O)NC(C)C)c1ccc(CN)cc1. The lowest BCUT2D eigenvalue weighted by Gasteiger charge is -2.23. The summed E-state index contributed by atoms with van der Waals surface area (Å²) in [4.78, 5) is 13.8. The van der Waals surface area contributed by atoms with Gasteiger partial charge in [0.25, 0.3) is 0 Å². The first kappa shape index (κ1) is 15.5. The third-order valence-corrected chi connectivity index (χ3v) is 2.98. The highest BCUT2D eigenvalue weighted by atomic mass is 16.1. The molecule has 0 bridgehead atoms. The van der Waals surface area contributed by atoms with Crippen molar-refractivity contribution in [3.8, 4) is 0 Å². The van der Waals surface area contributed by atoms with Crippen molar-refractivity contribution in [2.75, 3.05) is 18.0 Å². The molecule has 1 rings (SSSR count). The van der Waals surface area contributed by atoms with Crippen molar-refractivity contribution in [3.05, 3.63) is 29.8 Å². The fourth-order valence-corrected chi connectivity index (χ4v) is 1.94. The van der Waals surface area contributed by atoms with Gasteiger partial charge in [0.05, 0.1) is 0 Å². The molecule has 0 radical (unpaired) electrons. The summed E-state index contributed by atoms with van der Waals surface area (Å²) in [6.07, 6.45) is 0.519. The molecule has 1 aromatic carbocycles. The standard InChI is InChI=1S/C15H25N3O/c1-4-18(10-9-15(19)17-12(2)3)14-7-5-13(11-16)6-8-14/h5-8,12H,4,9-11,16H2,1-3H3,(H,17,19). The largest absolute Gasteiger partial charge is 0.371 e. The molecule has 4 nitrogen and oxygen atoms in total. The molecule has 1 aromatic rings. The van der Waals surface area contributed by atoms with Gasteiger partial charge in [0, 0.05) is 37.8 Å². The first-order valence-corrected chi connectivity index (χ1v) is 6.90. The van der Waals surface area contributed by atoms with Gasteiger partial charge in [0.15, 0.2) is 0 Å². The van der Waals surface area contributed by atoms with Gasteiger partial charge in [-0.2, -0.15) is 0 Å². The molecule has 1 amide bonds. The number of amides is 1. The molecule has 0 aliphatic carbocycles. The molecule has 4 heteroatoms. The van der Waals surface area contributed by atoms with E-state index in [4.69, 9.17) is 5.73 Å². The summed E-state index contributed by atoms with van der Waals surface area (Å²) in [6.45, 7) is 8.22. The molecule has 19 heavy (non-hydrogen) atoms. The molecule has 0 aliphatic heterocycles. The van der Waals surface area contributed by atoms with Crippen molar-refractivity contribution in [2.45, 2.75) is 39.8 Å². The van der Waals surface area contributed by atoms with E-state index in [-0.39, 0.29) is 11.9 Å². The van der Waals surface area contributed by atoms with Crippen LogP contribution in [0, 0.1) is 0 Å². The molecular weight excluding hydrogens is 238 g/mol. The minimum atomic E-state index is 0.104. The fraction of sp³-hybridized carbons (Fsp3) is 0.533. The second-order valence-electron chi connectivity index (χ2n) is 4.92. The van der Waals surface area contributed by atoms with Gasteiger partial charge in [-0.25, -0.2) is 0 Å². The highest BCUT2D eigenvalue weighted by Crippen LogP contribution is 2.15. The molecule has 0 fully saturated rings. The smallest absolute Gasteiger partial charge is 0.221 e. The number of benzene rings is 1. The maximum atomic E-state index is 11.7. The zero-order valence-corrected chi connectivity index (χ0v) is 12.1. The second kappa shape index (κ2) is 7.79. The Labute approximate surface area is 116 Å². The zero-order chi connectivity index (χ0) is 14.3. The van der Waals surface area contributed by atoms with Crippen LogP contribution in [0.3, 0.4) is 0 Å². The minimum Gasteiger partial charge on any atom is -0.371 e. The molecule has 0 saturated carbocycles. The Balaban J connectivity index is 2.55. The number of nitrogens with two attached hydrogens (primary N) is 1. The molecular formula is C15H25N3O. The average molecular weight is 263 g/mol. The van der Waals surface area contributed by atoms with E-state index < -0.39 is 0 Å². The molecule has 0 spiro atoms. The van der Waals surface area contributed by atoms with Crippen molar-refractivity contribution in [1.29, 1.82) is 0 Å². The molecule has 0 aliphatic rings. The van der Waals surface area contributed by atoms with Crippen molar-refractivity contribution in [2.24, 2.45) is 5.73 Å². The molecule has 0 atom stereocenters. The highest BCUT2D eigenvalue weighted by molar-refractivity contribution is 5.76. The van der Waals surface area contributed by atoms with Crippen LogP contribution in [0.1, 0.15) is 32.8 Å². The van der Waals surface area contributed by atoms with Gasteiger partial charge < -0.3 is 16.0 Å². The first-order chi connectivity index (χ1) is 9.06. The van der Waals surface area contributed by atoms with Gasteiger partial charge in [0.2, 0.25) is 5.91 Å². The molecule has 0 heterocycles. The highest BCUT2D eigenvalue weighted by Gasteiger charge is 2.08. The predicted octanol–water partition coefficient (Wildman–Crippen LogP) is 1.89. The summed E-state index contributed by atoms with van der Waals surface area (Å²) < 4.78 is 0. The summed E-state index contributed by atoms with van der Waals surface area (Å²) in [7, 11) is 0. The van der Waals surface area contributed by atoms with Crippen LogP contribution in [0.2, 0.25) is 0 Å². The number of carbonyl (C=O) groups is 1. The second-order valence-corrected chi connectivity index (χ2v) is 4.92. The average Bonchev–Trinajstić information content (AvgIpc) is 2.39. The summed E-state index contributed by atoms with van der Waals surface area (Å²) in [5.74, 6) is 0.104. The van der Waals surface area contributed by atoms with Gasteiger partial charge in [-0.3, -0.25) is 4.79 Å². The lowest BCUT2D eigenvalue weighted by molar-refractivity contribution is -0.121. The Morgan fingerprint density at radius 2 is 1.95 bits per heavy atom.